The lowest BCUT2D eigenvalue weighted by molar-refractivity contribution is -0.161. The smallest absolute Gasteiger partial charge is 0.462 e. The van der Waals surface area contributed by atoms with Crippen LogP contribution in [0.15, 0.2) is 85.1 Å². The van der Waals surface area contributed by atoms with Crippen LogP contribution in [0, 0.1) is 0 Å². The maximum atomic E-state index is 13.0. The van der Waals surface area contributed by atoms with E-state index >= 15 is 0 Å². The number of unbranched alkanes of at least 4 members (excludes halogenated alkanes) is 29. The summed E-state index contributed by atoms with van der Waals surface area (Å²) in [5.74, 6) is -1.51. The number of hydrogen-bond acceptors (Lipinski definition) is 10. The molecule has 0 fully saturated rings. The van der Waals surface area contributed by atoms with E-state index in [-0.39, 0.29) is 25.9 Å². The van der Waals surface area contributed by atoms with Gasteiger partial charge in [-0.1, -0.05) is 260 Å². The van der Waals surface area contributed by atoms with Crippen molar-refractivity contribution in [2.24, 2.45) is 0 Å². The molecule has 0 aromatic heterocycles. The molecule has 0 aliphatic rings. The van der Waals surface area contributed by atoms with E-state index in [1.807, 2.05) is 0 Å². The number of carbonyl (C=O) groups excluding carboxylic acids is 3. The maximum Gasteiger partial charge on any atom is 0.472 e. The quantitative estimate of drug-likeness (QED) is 0.0197. The standard InChI is InChI=1S/C68H119O11P/c1-4-7-10-13-16-19-22-25-28-30-32-34-37-40-43-46-49-52-55-58-67(71)78-64(60-69)62-76-80(73,74)77-63-65(61-75-66(70)57-54-51-48-45-42-39-36-27-24-21-18-15-12-9-6-3)79-68(72)59-56-53-50-47-44-41-38-35-33-31-29-26-23-20-17-14-11-8-5-2/h8,11,17-18,20-21,26-27,29,33,35-36,41,44,64-65,69H,4-7,9-10,12-16,19,22-25,28,30-32,34,37-40,42-43,45-63H2,1-3H3,(H,73,74)/b11-8-,20-17-,21-18-,29-26-,35-33-,36-27-,44-41-. The van der Waals surface area contributed by atoms with Crippen LogP contribution in [0.2, 0.25) is 0 Å². The van der Waals surface area contributed by atoms with Gasteiger partial charge in [-0.25, -0.2) is 4.57 Å². The molecule has 0 aromatic carbocycles. The zero-order chi connectivity index (χ0) is 58.3. The first kappa shape index (κ1) is 76.7. The maximum absolute atomic E-state index is 13.0. The number of ether oxygens (including phenoxy) is 3. The van der Waals surface area contributed by atoms with Gasteiger partial charge in [0.1, 0.15) is 12.7 Å². The van der Waals surface area contributed by atoms with Crippen LogP contribution in [0.4, 0.5) is 0 Å². The van der Waals surface area contributed by atoms with E-state index < -0.39 is 57.8 Å². The number of phosphoric acid groups is 1. The predicted molar refractivity (Wildman–Crippen MR) is 334 cm³/mol. The Morgan fingerprint density at radius 2 is 0.650 bits per heavy atom. The van der Waals surface area contributed by atoms with E-state index in [1.165, 1.54) is 116 Å². The highest BCUT2D eigenvalue weighted by Gasteiger charge is 2.28. The Morgan fingerprint density at radius 1 is 0.362 bits per heavy atom. The van der Waals surface area contributed by atoms with Gasteiger partial charge in [-0.2, -0.15) is 0 Å². The molecule has 0 saturated carbocycles. The molecule has 0 aliphatic heterocycles. The van der Waals surface area contributed by atoms with E-state index in [9.17, 15) is 28.9 Å². The number of allylic oxidation sites excluding steroid dienone is 14. The monoisotopic (exact) mass is 1140 g/mol. The first-order valence-corrected chi connectivity index (χ1v) is 34.0. The summed E-state index contributed by atoms with van der Waals surface area (Å²) in [6.07, 6.45) is 72.5. The van der Waals surface area contributed by atoms with E-state index in [0.29, 0.717) is 19.3 Å². The van der Waals surface area contributed by atoms with Crippen molar-refractivity contribution in [3.63, 3.8) is 0 Å². The second-order valence-corrected chi connectivity index (χ2v) is 23.0. The molecule has 11 nitrogen and oxygen atoms in total. The van der Waals surface area contributed by atoms with Crippen molar-refractivity contribution in [1.29, 1.82) is 0 Å². The highest BCUT2D eigenvalue weighted by atomic mass is 31.2. The molecule has 0 aromatic rings. The van der Waals surface area contributed by atoms with Crippen LogP contribution in [-0.2, 0) is 42.2 Å². The largest absolute Gasteiger partial charge is 0.472 e. The minimum Gasteiger partial charge on any atom is -0.462 e. The van der Waals surface area contributed by atoms with Crippen LogP contribution in [0.5, 0.6) is 0 Å². The van der Waals surface area contributed by atoms with E-state index in [1.54, 1.807) is 0 Å². The Hall–Kier alpha value is -3.34. The molecule has 0 saturated heterocycles. The third-order valence-corrected chi connectivity index (χ3v) is 14.8. The molecule has 3 unspecified atom stereocenters. The number of phosphoric ester groups is 1. The summed E-state index contributed by atoms with van der Waals surface area (Å²) in [6.45, 7) is 4.50. The average Bonchev–Trinajstić information content (AvgIpc) is 3.45. The molecular weight excluding hydrogens is 1020 g/mol. The number of carbonyl (C=O) groups is 3. The molecule has 0 bridgehead atoms. The molecule has 462 valence electrons. The fraction of sp³-hybridized carbons (Fsp3) is 0.750. The summed E-state index contributed by atoms with van der Waals surface area (Å²) >= 11 is 0. The lowest BCUT2D eigenvalue weighted by Crippen LogP contribution is -2.30. The van der Waals surface area contributed by atoms with Crippen molar-refractivity contribution < 1.29 is 52.2 Å². The van der Waals surface area contributed by atoms with E-state index in [4.69, 9.17) is 23.3 Å². The Kier molecular flexibility index (Phi) is 59.1. The van der Waals surface area contributed by atoms with Gasteiger partial charge in [-0.3, -0.25) is 23.4 Å². The Balaban J connectivity index is 4.72. The summed E-state index contributed by atoms with van der Waals surface area (Å²) in [4.78, 5) is 48.7. The van der Waals surface area contributed by atoms with Crippen molar-refractivity contribution in [3.05, 3.63) is 85.1 Å². The van der Waals surface area contributed by atoms with Gasteiger partial charge in [0.2, 0.25) is 0 Å². The molecule has 12 heteroatoms. The van der Waals surface area contributed by atoms with Gasteiger partial charge in [0.05, 0.1) is 19.8 Å². The molecule has 0 heterocycles. The molecule has 2 N–H and O–H groups in total. The van der Waals surface area contributed by atoms with E-state index in [2.05, 4.69) is 106 Å². The molecule has 3 atom stereocenters. The van der Waals surface area contributed by atoms with Crippen LogP contribution in [0.3, 0.4) is 0 Å². The predicted octanol–water partition coefficient (Wildman–Crippen LogP) is 19.8. The lowest BCUT2D eigenvalue weighted by atomic mass is 10.0. The summed E-state index contributed by atoms with van der Waals surface area (Å²) in [7, 11) is -4.77. The second kappa shape index (κ2) is 61.7. The summed E-state index contributed by atoms with van der Waals surface area (Å²) < 4.78 is 39.7. The van der Waals surface area contributed by atoms with Crippen LogP contribution in [0.25, 0.3) is 0 Å². The van der Waals surface area contributed by atoms with Gasteiger partial charge < -0.3 is 24.2 Å². The third-order valence-electron chi connectivity index (χ3n) is 13.8. The summed E-state index contributed by atoms with van der Waals surface area (Å²) in [5.41, 5.74) is 0. The average molecular weight is 1140 g/mol. The van der Waals surface area contributed by atoms with Crippen molar-refractivity contribution in [3.8, 4) is 0 Å². The molecule has 0 amide bonds. The Morgan fingerprint density at radius 3 is 1.04 bits per heavy atom. The highest BCUT2D eigenvalue weighted by molar-refractivity contribution is 7.47. The summed E-state index contributed by atoms with van der Waals surface area (Å²) in [5, 5.41) is 9.86. The van der Waals surface area contributed by atoms with Crippen molar-refractivity contribution in [2.75, 3.05) is 26.4 Å². The minimum atomic E-state index is -4.77. The van der Waals surface area contributed by atoms with E-state index in [0.717, 1.165) is 116 Å². The fourth-order valence-corrected chi connectivity index (χ4v) is 9.67. The van der Waals surface area contributed by atoms with Crippen LogP contribution >= 0.6 is 7.82 Å². The lowest BCUT2D eigenvalue weighted by Gasteiger charge is -2.21. The number of esters is 3. The van der Waals surface area contributed by atoms with Gasteiger partial charge in [0.15, 0.2) is 6.10 Å². The van der Waals surface area contributed by atoms with Crippen molar-refractivity contribution in [1.82, 2.24) is 0 Å². The number of aliphatic hydroxyl groups is 1. The minimum absolute atomic E-state index is 0.123. The number of hydrogen-bond donors (Lipinski definition) is 2. The SMILES string of the molecule is CC/C=C\C/C=C\C/C=C\C/C=C\C/C=C\CCCCCC(=O)OC(COC(=O)CCCCCCC/C=C\C/C=C\CCCCC)COP(=O)(O)OCC(CO)OC(=O)CCCCCCCCCCCCCCCCCCCCC. The van der Waals surface area contributed by atoms with Gasteiger partial charge in [-0.15, -0.1) is 0 Å². The second-order valence-electron chi connectivity index (χ2n) is 21.6. The zero-order valence-electron chi connectivity index (χ0n) is 51.3. The van der Waals surface area contributed by atoms with Gasteiger partial charge in [0.25, 0.3) is 0 Å². The van der Waals surface area contributed by atoms with Crippen molar-refractivity contribution >= 4 is 25.7 Å². The van der Waals surface area contributed by atoms with Gasteiger partial charge >= 0.3 is 25.7 Å². The van der Waals surface area contributed by atoms with Gasteiger partial charge in [0, 0.05) is 19.3 Å². The molecular formula is C68H119O11P. The third kappa shape index (κ3) is 59.3. The Labute approximate surface area is 490 Å². The van der Waals surface area contributed by atoms with Crippen LogP contribution in [0.1, 0.15) is 290 Å². The fourth-order valence-electron chi connectivity index (χ4n) is 8.89. The Bertz CT molecular complexity index is 1670. The highest BCUT2D eigenvalue weighted by Crippen LogP contribution is 2.43. The molecule has 0 rings (SSSR count). The molecule has 0 aliphatic carbocycles. The number of aliphatic hydroxyl groups excluding tert-OH is 1. The molecule has 0 radical (unpaired) electrons. The molecule has 0 spiro atoms. The van der Waals surface area contributed by atoms with Gasteiger partial charge in [-0.05, 0) is 96.3 Å². The number of rotatable bonds is 60. The molecule has 80 heavy (non-hydrogen) atoms. The first-order valence-electron chi connectivity index (χ1n) is 32.5. The van der Waals surface area contributed by atoms with Crippen molar-refractivity contribution in [2.45, 2.75) is 303 Å². The summed E-state index contributed by atoms with van der Waals surface area (Å²) in [6, 6.07) is 0. The topological polar surface area (TPSA) is 155 Å². The first-order chi connectivity index (χ1) is 39.2. The normalized spacial score (nSPS) is 13.8. The van der Waals surface area contributed by atoms with Crippen LogP contribution < -0.4 is 0 Å². The zero-order valence-corrected chi connectivity index (χ0v) is 52.2. The van der Waals surface area contributed by atoms with Crippen LogP contribution in [-0.4, -0.2) is 66.5 Å².